The number of aromatic nitrogens is 2. The zero-order valence-electron chi connectivity index (χ0n) is 13.5. The van der Waals surface area contributed by atoms with Crippen molar-refractivity contribution in [2.45, 2.75) is 39.7 Å². The summed E-state index contributed by atoms with van der Waals surface area (Å²) in [6, 6.07) is 0. The molecule has 0 aromatic carbocycles. The van der Waals surface area contributed by atoms with Gasteiger partial charge in [-0.2, -0.15) is 0 Å². The number of ether oxygens (including phenoxy) is 1. The number of carbonyl (C=O) groups excluding carboxylic acids is 2. The predicted molar refractivity (Wildman–Crippen MR) is 89.4 cm³/mol. The first-order valence-corrected chi connectivity index (χ1v) is 7.83. The number of rotatable bonds is 6. The molecule has 0 aliphatic rings. The topological polar surface area (TPSA) is 101 Å². The van der Waals surface area contributed by atoms with Crippen LogP contribution in [0.1, 0.15) is 44.6 Å². The Bertz CT molecular complexity index is 624. The van der Waals surface area contributed by atoms with E-state index in [4.69, 9.17) is 4.74 Å². The van der Waals surface area contributed by atoms with Gasteiger partial charge in [0.05, 0.1) is 12.0 Å². The van der Waals surface area contributed by atoms with Crippen LogP contribution in [0.2, 0.25) is 0 Å². The first-order valence-electron chi connectivity index (χ1n) is 7.04. The van der Waals surface area contributed by atoms with Gasteiger partial charge < -0.3 is 15.2 Å². The lowest BCUT2D eigenvalue weighted by molar-refractivity contribution is -0.152. The normalized spacial score (nSPS) is 12.0. The molecule has 126 valence electrons. The van der Waals surface area contributed by atoms with Crippen LogP contribution < -0.4 is 5.32 Å². The van der Waals surface area contributed by atoms with Gasteiger partial charge in [-0.1, -0.05) is 6.92 Å². The first kappa shape index (κ1) is 19.1. The van der Waals surface area contributed by atoms with Crippen molar-refractivity contribution in [2.75, 3.05) is 11.9 Å². The molecule has 0 aliphatic carbocycles. The SMILES string of the molecule is CC/C(O)=C/C(=O)c1nc(Br)cnc1NCC(=O)OC(C)(C)C. The molecule has 0 atom stereocenters. The average molecular weight is 386 g/mol. The largest absolute Gasteiger partial charge is 0.512 e. The Kier molecular flexibility index (Phi) is 6.68. The van der Waals surface area contributed by atoms with Gasteiger partial charge in [0.2, 0.25) is 5.78 Å². The fourth-order valence-electron chi connectivity index (χ4n) is 1.52. The van der Waals surface area contributed by atoms with Crippen molar-refractivity contribution in [3.05, 3.63) is 28.3 Å². The van der Waals surface area contributed by atoms with Crippen molar-refractivity contribution in [1.29, 1.82) is 0 Å². The van der Waals surface area contributed by atoms with Crippen LogP contribution in [0.4, 0.5) is 5.82 Å². The molecule has 0 amide bonds. The smallest absolute Gasteiger partial charge is 0.325 e. The van der Waals surface area contributed by atoms with E-state index in [2.05, 4.69) is 31.2 Å². The summed E-state index contributed by atoms with van der Waals surface area (Å²) >= 11 is 3.14. The lowest BCUT2D eigenvalue weighted by Crippen LogP contribution is -2.28. The second kappa shape index (κ2) is 8.05. The second-order valence-electron chi connectivity index (χ2n) is 5.68. The van der Waals surface area contributed by atoms with Gasteiger partial charge >= 0.3 is 5.97 Å². The number of allylic oxidation sites excluding steroid dienone is 2. The lowest BCUT2D eigenvalue weighted by atomic mass is 10.2. The number of halogens is 1. The van der Waals surface area contributed by atoms with E-state index in [0.29, 0.717) is 11.0 Å². The molecule has 0 unspecified atom stereocenters. The van der Waals surface area contributed by atoms with E-state index in [1.807, 2.05) is 0 Å². The van der Waals surface area contributed by atoms with Crippen molar-refractivity contribution in [2.24, 2.45) is 0 Å². The zero-order chi connectivity index (χ0) is 17.6. The van der Waals surface area contributed by atoms with Crippen LogP contribution in [0.3, 0.4) is 0 Å². The van der Waals surface area contributed by atoms with E-state index in [1.165, 1.54) is 6.20 Å². The summed E-state index contributed by atoms with van der Waals surface area (Å²) in [6.45, 7) is 6.84. The predicted octanol–water partition coefficient (Wildman–Crippen LogP) is 3.03. The summed E-state index contributed by atoms with van der Waals surface area (Å²) in [5.74, 6) is -0.906. The summed E-state index contributed by atoms with van der Waals surface area (Å²) in [4.78, 5) is 32.0. The Hall–Kier alpha value is -1.96. The highest BCUT2D eigenvalue weighted by Crippen LogP contribution is 2.16. The highest BCUT2D eigenvalue weighted by atomic mass is 79.9. The highest BCUT2D eigenvalue weighted by Gasteiger charge is 2.18. The number of hydrogen-bond acceptors (Lipinski definition) is 7. The van der Waals surface area contributed by atoms with Crippen molar-refractivity contribution < 1.29 is 19.4 Å². The summed E-state index contributed by atoms with van der Waals surface area (Å²) in [5.41, 5.74) is -0.596. The third-order valence-electron chi connectivity index (χ3n) is 2.46. The molecular formula is C15H20BrN3O4. The molecule has 7 nitrogen and oxygen atoms in total. The van der Waals surface area contributed by atoms with E-state index in [9.17, 15) is 14.7 Å². The van der Waals surface area contributed by atoms with Crippen molar-refractivity contribution in [3.8, 4) is 0 Å². The quantitative estimate of drug-likeness (QED) is 0.335. The molecule has 0 saturated carbocycles. The van der Waals surface area contributed by atoms with Gasteiger partial charge in [0.25, 0.3) is 0 Å². The Balaban J connectivity index is 2.91. The van der Waals surface area contributed by atoms with Crippen LogP contribution in [-0.4, -0.2) is 39.0 Å². The van der Waals surface area contributed by atoms with Crippen LogP contribution in [0.25, 0.3) is 0 Å². The molecule has 1 aromatic heterocycles. The van der Waals surface area contributed by atoms with E-state index in [1.54, 1.807) is 27.7 Å². The minimum Gasteiger partial charge on any atom is -0.512 e. The molecular weight excluding hydrogens is 366 g/mol. The molecule has 0 aliphatic heterocycles. The molecule has 8 heteroatoms. The molecule has 0 saturated heterocycles. The number of aliphatic hydroxyl groups excluding tert-OH is 1. The van der Waals surface area contributed by atoms with Crippen LogP contribution in [0.15, 0.2) is 22.6 Å². The average Bonchev–Trinajstić information content (AvgIpc) is 2.43. The number of esters is 1. The number of ketones is 1. The second-order valence-corrected chi connectivity index (χ2v) is 6.50. The van der Waals surface area contributed by atoms with Crippen molar-refractivity contribution in [3.63, 3.8) is 0 Å². The van der Waals surface area contributed by atoms with Crippen molar-refractivity contribution >= 4 is 33.5 Å². The van der Waals surface area contributed by atoms with E-state index < -0.39 is 17.4 Å². The summed E-state index contributed by atoms with van der Waals surface area (Å²) in [7, 11) is 0. The van der Waals surface area contributed by atoms with Gasteiger partial charge in [-0.3, -0.25) is 9.59 Å². The molecule has 0 radical (unpaired) electrons. The molecule has 23 heavy (non-hydrogen) atoms. The fourth-order valence-corrected chi connectivity index (χ4v) is 1.80. The van der Waals surface area contributed by atoms with E-state index >= 15 is 0 Å². The standard InChI is InChI=1S/C15H20BrN3O4/c1-5-9(20)6-10(21)13-14(17-7-11(16)19-13)18-8-12(22)23-15(2,3)4/h6-7,20H,5,8H2,1-4H3,(H,17,18)/b9-6-. The molecule has 1 aromatic rings. The van der Waals surface area contributed by atoms with Gasteiger partial charge in [-0.05, 0) is 36.7 Å². The first-order chi connectivity index (χ1) is 10.6. The van der Waals surface area contributed by atoms with Crippen LogP contribution in [0, 0.1) is 0 Å². The maximum Gasteiger partial charge on any atom is 0.325 e. The molecule has 1 rings (SSSR count). The van der Waals surface area contributed by atoms with Crippen LogP contribution in [-0.2, 0) is 9.53 Å². The third kappa shape index (κ3) is 6.77. The number of anilines is 1. The number of nitrogens with zero attached hydrogens (tertiary/aromatic N) is 2. The summed E-state index contributed by atoms with van der Waals surface area (Å²) in [6.07, 6.45) is 2.81. The maximum absolute atomic E-state index is 12.1. The number of carbonyl (C=O) groups is 2. The number of nitrogens with one attached hydrogen (secondary N) is 1. The minimum absolute atomic E-state index is 0.00272. The van der Waals surface area contributed by atoms with Gasteiger partial charge in [0.15, 0.2) is 11.5 Å². The van der Waals surface area contributed by atoms with Gasteiger partial charge in [-0.15, -0.1) is 0 Å². The fraction of sp³-hybridized carbons (Fsp3) is 0.467. The van der Waals surface area contributed by atoms with E-state index in [-0.39, 0.29) is 23.8 Å². The Labute approximate surface area is 143 Å². The monoisotopic (exact) mass is 385 g/mol. The Morgan fingerprint density at radius 3 is 2.65 bits per heavy atom. The lowest BCUT2D eigenvalue weighted by Gasteiger charge is -2.19. The van der Waals surface area contributed by atoms with Gasteiger partial charge in [-0.25, -0.2) is 9.97 Å². The highest BCUT2D eigenvalue weighted by molar-refractivity contribution is 9.10. The van der Waals surface area contributed by atoms with E-state index in [0.717, 1.165) is 6.08 Å². The van der Waals surface area contributed by atoms with Crippen LogP contribution >= 0.6 is 15.9 Å². The number of hydrogen-bond donors (Lipinski definition) is 2. The van der Waals surface area contributed by atoms with Gasteiger partial charge in [0.1, 0.15) is 16.7 Å². The molecule has 0 bridgehead atoms. The molecule has 0 spiro atoms. The van der Waals surface area contributed by atoms with Crippen molar-refractivity contribution in [1.82, 2.24) is 9.97 Å². The van der Waals surface area contributed by atoms with Crippen LogP contribution in [0.5, 0.6) is 0 Å². The third-order valence-corrected chi connectivity index (χ3v) is 2.84. The minimum atomic E-state index is -0.599. The summed E-state index contributed by atoms with van der Waals surface area (Å²) < 4.78 is 5.54. The molecule has 0 fully saturated rings. The summed E-state index contributed by atoms with van der Waals surface area (Å²) in [5, 5.41) is 12.2. The Morgan fingerprint density at radius 2 is 2.09 bits per heavy atom. The Morgan fingerprint density at radius 1 is 1.43 bits per heavy atom. The van der Waals surface area contributed by atoms with Gasteiger partial charge in [0, 0.05) is 12.5 Å². The maximum atomic E-state index is 12.1. The number of aliphatic hydroxyl groups is 1. The zero-order valence-corrected chi connectivity index (χ0v) is 15.1. The molecule has 2 N–H and O–H groups in total. The molecule has 1 heterocycles.